The average Bonchev–Trinajstić information content (AvgIpc) is 3.12. The number of rotatable bonds is 7. The maximum Gasteiger partial charge on any atom is 0.331 e. The van der Waals surface area contributed by atoms with Crippen molar-refractivity contribution in [2.24, 2.45) is 0 Å². The van der Waals surface area contributed by atoms with Gasteiger partial charge in [0, 0.05) is 17.7 Å². The van der Waals surface area contributed by atoms with Gasteiger partial charge in [0.15, 0.2) is 6.61 Å². The van der Waals surface area contributed by atoms with E-state index >= 15 is 0 Å². The molecule has 0 bridgehead atoms. The molecule has 140 valence electrons. The molecule has 0 heterocycles. The summed E-state index contributed by atoms with van der Waals surface area (Å²) in [6.45, 7) is 1.86. The van der Waals surface area contributed by atoms with Gasteiger partial charge in [-0.2, -0.15) is 0 Å². The Hall–Kier alpha value is -2.83. The van der Waals surface area contributed by atoms with E-state index in [4.69, 9.17) is 9.47 Å². The third-order valence-electron chi connectivity index (χ3n) is 3.91. The number of amides is 3. The smallest absolute Gasteiger partial charge is 0.331 e. The lowest BCUT2D eigenvalue weighted by atomic mass is 10.2. The maximum atomic E-state index is 11.7. The molecule has 3 amide bonds. The summed E-state index contributed by atoms with van der Waals surface area (Å²) >= 11 is 0. The van der Waals surface area contributed by atoms with E-state index in [2.05, 4.69) is 10.6 Å². The van der Waals surface area contributed by atoms with Crippen LogP contribution in [-0.4, -0.2) is 37.2 Å². The van der Waals surface area contributed by atoms with Crippen molar-refractivity contribution in [1.82, 2.24) is 10.6 Å². The third-order valence-corrected chi connectivity index (χ3v) is 3.91. The summed E-state index contributed by atoms with van der Waals surface area (Å²) in [4.78, 5) is 35.0. The fourth-order valence-electron chi connectivity index (χ4n) is 2.70. The normalized spacial score (nSPS) is 14.2. The quantitative estimate of drug-likeness (QED) is 0.575. The number of imide groups is 1. The van der Waals surface area contributed by atoms with Crippen LogP contribution >= 0.6 is 0 Å². The maximum absolute atomic E-state index is 11.7. The third kappa shape index (κ3) is 6.58. The molecule has 0 spiro atoms. The van der Waals surface area contributed by atoms with Gasteiger partial charge in [0.05, 0.1) is 6.61 Å². The number of carbonyl (C=O) groups is 3. The number of carbonyl (C=O) groups excluding carboxylic acids is 3. The number of hydrogen-bond donors (Lipinski definition) is 2. The first-order valence-electron chi connectivity index (χ1n) is 8.75. The van der Waals surface area contributed by atoms with E-state index in [0.29, 0.717) is 12.4 Å². The second kappa shape index (κ2) is 10.2. The minimum absolute atomic E-state index is 0.110. The zero-order valence-corrected chi connectivity index (χ0v) is 14.8. The van der Waals surface area contributed by atoms with Gasteiger partial charge in [0.1, 0.15) is 5.75 Å². The first kappa shape index (κ1) is 19.5. The van der Waals surface area contributed by atoms with E-state index in [1.807, 2.05) is 19.1 Å². The molecular weight excluding hydrogens is 336 g/mol. The van der Waals surface area contributed by atoms with Gasteiger partial charge >= 0.3 is 12.0 Å². The molecule has 0 aliphatic heterocycles. The van der Waals surface area contributed by atoms with Gasteiger partial charge in [0.25, 0.3) is 5.91 Å². The lowest BCUT2D eigenvalue weighted by Crippen LogP contribution is -2.44. The Bertz CT molecular complexity index is 666. The monoisotopic (exact) mass is 360 g/mol. The fourth-order valence-corrected chi connectivity index (χ4v) is 2.70. The summed E-state index contributed by atoms with van der Waals surface area (Å²) < 4.78 is 10.3. The number of esters is 1. The molecule has 1 aliphatic rings. The van der Waals surface area contributed by atoms with Crippen LogP contribution in [0.25, 0.3) is 6.08 Å². The highest BCUT2D eigenvalue weighted by Crippen LogP contribution is 2.19. The van der Waals surface area contributed by atoms with Crippen LogP contribution in [0.4, 0.5) is 4.79 Å². The highest BCUT2D eigenvalue weighted by atomic mass is 16.5. The van der Waals surface area contributed by atoms with Gasteiger partial charge in [-0.3, -0.25) is 10.1 Å². The second-order valence-corrected chi connectivity index (χ2v) is 5.91. The van der Waals surface area contributed by atoms with Crippen molar-refractivity contribution >= 4 is 24.0 Å². The number of hydrogen-bond acceptors (Lipinski definition) is 5. The topological polar surface area (TPSA) is 93.7 Å². The molecule has 1 aliphatic carbocycles. The summed E-state index contributed by atoms with van der Waals surface area (Å²) in [5.41, 5.74) is 0.728. The molecule has 1 saturated carbocycles. The number of ether oxygens (including phenoxy) is 2. The van der Waals surface area contributed by atoms with E-state index in [1.165, 1.54) is 6.08 Å². The molecule has 0 unspecified atom stereocenters. The van der Waals surface area contributed by atoms with Crippen LogP contribution in [0.5, 0.6) is 5.75 Å². The highest BCUT2D eigenvalue weighted by Gasteiger charge is 2.18. The Morgan fingerprint density at radius 2 is 1.92 bits per heavy atom. The minimum Gasteiger partial charge on any atom is -0.493 e. The van der Waals surface area contributed by atoms with Gasteiger partial charge in [-0.1, -0.05) is 31.0 Å². The molecule has 0 atom stereocenters. The van der Waals surface area contributed by atoms with Crippen molar-refractivity contribution in [2.45, 2.75) is 38.6 Å². The second-order valence-electron chi connectivity index (χ2n) is 5.91. The SMILES string of the molecule is CCOc1ccccc1/C=C/C(=O)OCC(=O)NC(=O)NC1CCCC1. The highest BCUT2D eigenvalue weighted by molar-refractivity contribution is 5.96. The van der Waals surface area contributed by atoms with Gasteiger partial charge in [-0.05, 0) is 31.9 Å². The molecule has 2 N–H and O–H groups in total. The Morgan fingerprint density at radius 3 is 2.65 bits per heavy atom. The Labute approximate surface area is 152 Å². The lowest BCUT2D eigenvalue weighted by Gasteiger charge is -2.12. The first-order chi connectivity index (χ1) is 12.6. The van der Waals surface area contributed by atoms with Crippen LogP contribution in [0.2, 0.25) is 0 Å². The van der Waals surface area contributed by atoms with Crippen molar-refractivity contribution in [1.29, 1.82) is 0 Å². The zero-order valence-electron chi connectivity index (χ0n) is 14.8. The largest absolute Gasteiger partial charge is 0.493 e. The van der Waals surface area contributed by atoms with E-state index < -0.39 is 24.5 Å². The average molecular weight is 360 g/mol. The minimum atomic E-state index is -0.678. The Kier molecular flexibility index (Phi) is 7.67. The predicted molar refractivity (Wildman–Crippen MR) is 96.5 cm³/mol. The van der Waals surface area contributed by atoms with Crippen LogP contribution in [0, 0.1) is 0 Å². The predicted octanol–water partition coefficient (Wildman–Crippen LogP) is 2.41. The first-order valence-corrected chi connectivity index (χ1v) is 8.75. The van der Waals surface area contributed by atoms with Crippen molar-refractivity contribution in [2.75, 3.05) is 13.2 Å². The molecule has 2 rings (SSSR count). The van der Waals surface area contributed by atoms with Gasteiger partial charge in [-0.25, -0.2) is 9.59 Å². The van der Waals surface area contributed by atoms with Crippen LogP contribution in [0.15, 0.2) is 30.3 Å². The van der Waals surface area contributed by atoms with Gasteiger partial charge in [0.2, 0.25) is 0 Å². The van der Waals surface area contributed by atoms with Crippen LogP contribution < -0.4 is 15.4 Å². The summed E-state index contributed by atoms with van der Waals surface area (Å²) in [5.74, 6) is -0.694. The molecule has 0 saturated heterocycles. The van der Waals surface area contributed by atoms with Crippen molar-refractivity contribution in [3.8, 4) is 5.75 Å². The van der Waals surface area contributed by atoms with Crippen molar-refractivity contribution < 1.29 is 23.9 Å². The van der Waals surface area contributed by atoms with Crippen LogP contribution in [-0.2, 0) is 14.3 Å². The van der Waals surface area contributed by atoms with E-state index in [9.17, 15) is 14.4 Å². The number of para-hydroxylation sites is 1. The Morgan fingerprint density at radius 1 is 1.19 bits per heavy atom. The molecule has 7 nitrogen and oxygen atoms in total. The zero-order chi connectivity index (χ0) is 18.8. The summed E-state index contributed by atoms with van der Waals surface area (Å²) in [6.07, 6.45) is 6.77. The molecule has 1 fully saturated rings. The Balaban J connectivity index is 1.73. The van der Waals surface area contributed by atoms with Gasteiger partial charge in [-0.15, -0.1) is 0 Å². The molecule has 7 heteroatoms. The summed E-state index contributed by atoms with van der Waals surface area (Å²) in [7, 11) is 0. The van der Waals surface area contributed by atoms with E-state index in [0.717, 1.165) is 31.2 Å². The van der Waals surface area contributed by atoms with Crippen molar-refractivity contribution in [3.05, 3.63) is 35.9 Å². The molecule has 1 aromatic rings. The van der Waals surface area contributed by atoms with E-state index in [1.54, 1.807) is 18.2 Å². The summed E-state index contributed by atoms with van der Waals surface area (Å²) in [5, 5.41) is 4.87. The van der Waals surface area contributed by atoms with Crippen molar-refractivity contribution in [3.63, 3.8) is 0 Å². The van der Waals surface area contributed by atoms with E-state index in [-0.39, 0.29) is 6.04 Å². The van der Waals surface area contributed by atoms with Crippen LogP contribution in [0.3, 0.4) is 0 Å². The number of nitrogens with one attached hydrogen (secondary N) is 2. The lowest BCUT2D eigenvalue weighted by molar-refractivity contribution is -0.143. The number of urea groups is 1. The van der Waals surface area contributed by atoms with Crippen LogP contribution in [0.1, 0.15) is 38.2 Å². The summed E-state index contributed by atoms with van der Waals surface area (Å²) in [6, 6.07) is 6.81. The molecule has 0 radical (unpaired) electrons. The van der Waals surface area contributed by atoms with Gasteiger partial charge < -0.3 is 14.8 Å². The number of benzene rings is 1. The fraction of sp³-hybridized carbons (Fsp3) is 0.421. The molecule has 0 aromatic heterocycles. The molecular formula is C19H24N2O5. The standard InChI is InChI=1S/C19H24N2O5/c1-2-25-16-10-6-3-7-14(16)11-12-18(23)26-13-17(22)21-19(24)20-15-8-4-5-9-15/h3,6-7,10-12,15H,2,4-5,8-9,13H2,1H3,(H2,20,21,22,24)/b12-11+. The molecule has 26 heavy (non-hydrogen) atoms. The molecule has 1 aromatic carbocycles.